The largest absolute Gasteiger partial charge is 0.467 e. The lowest BCUT2D eigenvalue weighted by atomic mass is 10.2. The molecule has 1 aromatic rings. The molecule has 0 radical (unpaired) electrons. The summed E-state index contributed by atoms with van der Waals surface area (Å²) in [5.74, 6) is 0.709. The van der Waals surface area contributed by atoms with Gasteiger partial charge in [-0.05, 0) is 19.1 Å². The maximum Gasteiger partial charge on any atom is 0.341 e. The zero-order chi connectivity index (χ0) is 13.8. The highest BCUT2D eigenvalue weighted by molar-refractivity contribution is 5.74. The van der Waals surface area contributed by atoms with Crippen LogP contribution in [0.5, 0.6) is 0 Å². The minimum atomic E-state index is -1.62. The Morgan fingerprint density at radius 3 is 3.05 bits per heavy atom. The van der Waals surface area contributed by atoms with Crippen LogP contribution in [0.3, 0.4) is 0 Å². The van der Waals surface area contributed by atoms with Crippen LogP contribution in [0.2, 0.25) is 0 Å². The fourth-order valence-electron chi connectivity index (χ4n) is 2.10. The van der Waals surface area contributed by atoms with Crippen molar-refractivity contribution in [1.29, 1.82) is 0 Å². The van der Waals surface area contributed by atoms with Gasteiger partial charge >= 0.3 is 5.97 Å². The minimum Gasteiger partial charge on any atom is -0.467 e. The summed E-state index contributed by atoms with van der Waals surface area (Å²) in [4.78, 5) is 12.9. The summed E-state index contributed by atoms with van der Waals surface area (Å²) in [5.41, 5.74) is 0. The van der Waals surface area contributed by atoms with Crippen molar-refractivity contribution in [2.24, 2.45) is 0 Å². The van der Waals surface area contributed by atoms with Gasteiger partial charge in [0, 0.05) is 19.6 Å². The van der Waals surface area contributed by atoms with E-state index < -0.39 is 12.1 Å². The molecule has 0 amide bonds. The highest BCUT2D eigenvalue weighted by Gasteiger charge is 2.28. The van der Waals surface area contributed by atoms with Crippen LogP contribution in [-0.4, -0.2) is 50.4 Å². The van der Waals surface area contributed by atoms with E-state index in [-0.39, 0.29) is 12.6 Å². The molecular formula is C13H18FNO4. The third-order valence-corrected chi connectivity index (χ3v) is 3.10. The number of rotatable bonds is 4. The summed E-state index contributed by atoms with van der Waals surface area (Å²) in [7, 11) is 1.18. The van der Waals surface area contributed by atoms with E-state index in [0.29, 0.717) is 19.7 Å². The lowest BCUT2D eigenvalue weighted by molar-refractivity contribution is -0.148. The third-order valence-electron chi connectivity index (χ3n) is 3.10. The molecule has 2 atom stereocenters. The van der Waals surface area contributed by atoms with Crippen LogP contribution in [0.4, 0.5) is 4.39 Å². The fraction of sp³-hybridized carbons (Fsp3) is 0.615. The van der Waals surface area contributed by atoms with Crippen LogP contribution in [0.1, 0.15) is 17.6 Å². The molecule has 2 unspecified atom stereocenters. The number of halogens is 1. The first kappa shape index (κ1) is 14.0. The number of ether oxygens (including phenoxy) is 2. The van der Waals surface area contributed by atoms with Crippen molar-refractivity contribution in [2.75, 3.05) is 33.4 Å². The van der Waals surface area contributed by atoms with Crippen LogP contribution in [-0.2, 0) is 14.3 Å². The number of carbonyl (C=O) groups is 1. The van der Waals surface area contributed by atoms with E-state index in [1.54, 1.807) is 0 Å². The molecule has 0 aromatic carbocycles. The summed E-state index contributed by atoms with van der Waals surface area (Å²) in [6.45, 7) is 3.46. The molecule has 0 spiro atoms. The van der Waals surface area contributed by atoms with Gasteiger partial charge in [0.25, 0.3) is 0 Å². The van der Waals surface area contributed by atoms with E-state index in [2.05, 4.69) is 4.74 Å². The van der Waals surface area contributed by atoms with Crippen molar-refractivity contribution >= 4 is 5.97 Å². The second-order valence-corrected chi connectivity index (χ2v) is 4.56. The number of nitrogens with zero attached hydrogens (tertiary/aromatic N) is 1. The van der Waals surface area contributed by atoms with E-state index in [9.17, 15) is 9.18 Å². The van der Waals surface area contributed by atoms with Crippen molar-refractivity contribution in [3.8, 4) is 0 Å². The monoisotopic (exact) mass is 271 g/mol. The smallest absolute Gasteiger partial charge is 0.341 e. The molecule has 1 fully saturated rings. The molecule has 2 heterocycles. The van der Waals surface area contributed by atoms with Gasteiger partial charge < -0.3 is 13.9 Å². The summed E-state index contributed by atoms with van der Waals surface area (Å²) in [6.07, 6.45) is -1.84. The highest BCUT2D eigenvalue weighted by Crippen LogP contribution is 2.24. The molecule has 5 nitrogen and oxygen atoms in total. The van der Waals surface area contributed by atoms with Gasteiger partial charge in [-0.15, -0.1) is 0 Å². The van der Waals surface area contributed by atoms with E-state index in [1.165, 1.54) is 7.11 Å². The predicted molar refractivity (Wildman–Crippen MR) is 65.5 cm³/mol. The third kappa shape index (κ3) is 3.54. The molecule has 1 aliphatic heterocycles. The van der Waals surface area contributed by atoms with Gasteiger partial charge in [-0.25, -0.2) is 9.18 Å². The Balaban J connectivity index is 1.92. The highest BCUT2D eigenvalue weighted by atomic mass is 19.1. The zero-order valence-electron chi connectivity index (χ0n) is 11.1. The van der Waals surface area contributed by atoms with Crippen LogP contribution < -0.4 is 0 Å². The van der Waals surface area contributed by atoms with Gasteiger partial charge in [0.15, 0.2) is 0 Å². The first-order valence-electron chi connectivity index (χ1n) is 6.22. The van der Waals surface area contributed by atoms with E-state index in [4.69, 9.17) is 9.15 Å². The molecule has 0 bridgehead atoms. The summed E-state index contributed by atoms with van der Waals surface area (Å²) >= 11 is 0. The SMILES string of the molecule is COC(=O)C(F)CN1CCOC(c2ccc(C)o2)C1. The van der Waals surface area contributed by atoms with Crippen molar-refractivity contribution in [2.45, 2.75) is 19.2 Å². The van der Waals surface area contributed by atoms with E-state index in [1.807, 2.05) is 24.0 Å². The van der Waals surface area contributed by atoms with Gasteiger partial charge in [0.1, 0.15) is 17.6 Å². The number of hydrogen-bond acceptors (Lipinski definition) is 5. The van der Waals surface area contributed by atoms with Crippen molar-refractivity contribution < 1.29 is 23.1 Å². The quantitative estimate of drug-likeness (QED) is 0.776. The summed E-state index contributed by atoms with van der Waals surface area (Å²) < 4.78 is 29.0. The maximum absolute atomic E-state index is 13.5. The molecule has 106 valence electrons. The number of methoxy groups -OCH3 is 1. The Hall–Kier alpha value is -1.40. The van der Waals surface area contributed by atoms with Crippen molar-refractivity contribution in [1.82, 2.24) is 4.90 Å². The second kappa shape index (κ2) is 6.16. The topological polar surface area (TPSA) is 51.9 Å². The molecule has 1 aliphatic rings. The van der Waals surface area contributed by atoms with Gasteiger partial charge in [0.2, 0.25) is 6.17 Å². The second-order valence-electron chi connectivity index (χ2n) is 4.56. The molecule has 2 rings (SSSR count). The molecular weight excluding hydrogens is 253 g/mol. The first-order chi connectivity index (χ1) is 9.10. The van der Waals surface area contributed by atoms with Gasteiger partial charge in [0.05, 0.1) is 13.7 Å². The van der Waals surface area contributed by atoms with Gasteiger partial charge in [-0.2, -0.15) is 0 Å². The number of carbonyl (C=O) groups excluding carboxylic acids is 1. The Bertz CT molecular complexity index is 434. The fourth-order valence-corrected chi connectivity index (χ4v) is 2.10. The average molecular weight is 271 g/mol. The number of esters is 1. The van der Waals surface area contributed by atoms with Crippen LogP contribution in [0, 0.1) is 6.92 Å². The molecule has 19 heavy (non-hydrogen) atoms. The van der Waals surface area contributed by atoms with E-state index >= 15 is 0 Å². The molecule has 0 N–H and O–H groups in total. The Morgan fingerprint density at radius 1 is 1.63 bits per heavy atom. The normalized spacial score (nSPS) is 22.2. The van der Waals surface area contributed by atoms with E-state index in [0.717, 1.165) is 11.5 Å². The molecule has 0 saturated carbocycles. The van der Waals surface area contributed by atoms with Gasteiger partial charge in [-0.1, -0.05) is 0 Å². The summed E-state index contributed by atoms with van der Waals surface area (Å²) in [6, 6.07) is 3.72. The number of aryl methyl sites for hydroxylation is 1. The number of furan rings is 1. The lowest BCUT2D eigenvalue weighted by Gasteiger charge is -2.32. The number of morpholine rings is 1. The maximum atomic E-state index is 13.5. The summed E-state index contributed by atoms with van der Waals surface area (Å²) in [5, 5.41) is 0. The van der Waals surface area contributed by atoms with Crippen LogP contribution in [0.25, 0.3) is 0 Å². The molecule has 6 heteroatoms. The molecule has 1 aromatic heterocycles. The average Bonchev–Trinajstić information content (AvgIpc) is 2.84. The Kier molecular flexibility index (Phi) is 4.55. The van der Waals surface area contributed by atoms with Crippen molar-refractivity contribution in [3.63, 3.8) is 0 Å². The lowest BCUT2D eigenvalue weighted by Crippen LogP contribution is -2.43. The van der Waals surface area contributed by atoms with Crippen LogP contribution in [0.15, 0.2) is 16.5 Å². The molecule has 0 aliphatic carbocycles. The van der Waals surface area contributed by atoms with Crippen molar-refractivity contribution in [3.05, 3.63) is 23.7 Å². The van der Waals surface area contributed by atoms with Crippen LogP contribution >= 0.6 is 0 Å². The standard InChI is InChI=1S/C13H18FNO4/c1-9-3-4-11(19-9)12-8-15(5-6-18-12)7-10(14)13(16)17-2/h3-4,10,12H,5-8H2,1-2H3. The first-order valence-corrected chi connectivity index (χ1v) is 6.22. The number of alkyl halides is 1. The Morgan fingerprint density at radius 2 is 2.42 bits per heavy atom. The Labute approximate surface area is 111 Å². The number of hydrogen-bond donors (Lipinski definition) is 0. The zero-order valence-corrected chi connectivity index (χ0v) is 11.1. The van der Waals surface area contributed by atoms with Gasteiger partial charge in [-0.3, -0.25) is 4.90 Å². The predicted octanol–water partition coefficient (Wildman–Crippen LogP) is 1.47. The molecule has 1 saturated heterocycles. The minimum absolute atomic E-state index is 0.0201.